The molecule has 15 heavy (non-hydrogen) atoms. The molecule has 1 aliphatic rings. The van der Waals surface area contributed by atoms with Crippen LogP contribution in [-0.4, -0.2) is 17.5 Å². The zero-order valence-electron chi connectivity index (χ0n) is 8.87. The van der Waals surface area contributed by atoms with Gasteiger partial charge in [0.05, 0.1) is 0 Å². The Balaban J connectivity index is 2.00. The van der Waals surface area contributed by atoms with E-state index in [-0.39, 0.29) is 11.9 Å². The Morgan fingerprint density at radius 2 is 2.27 bits per heavy atom. The SMILES string of the molecule is C[C@@H](NC1CCSC1)c1ccccc1F. The molecule has 82 valence electrons. The molecule has 1 heterocycles. The Morgan fingerprint density at radius 1 is 1.47 bits per heavy atom. The summed E-state index contributed by atoms with van der Waals surface area (Å²) >= 11 is 1.97. The molecule has 1 aliphatic heterocycles. The van der Waals surface area contributed by atoms with Gasteiger partial charge in [-0.05, 0) is 25.2 Å². The number of thioether (sulfide) groups is 1. The summed E-state index contributed by atoms with van der Waals surface area (Å²) in [6.07, 6.45) is 1.20. The molecule has 3 heteroatoms. The van der Waals surface area contributed by atoms with E-state index in [1.807, 2.05) is 30.8 Å². The van der Waals surface area contributed by atoms with Crippen LogP contribution in [0.1, 0.15) is 24.9 Å². The molecule has 2 rings (SSSR count). The summed E-state index contributed by atoms with van der Waals surface area (Å²) in [6, 6.07) is 7.66. The van der Waals surface area contributed by atoms with E-state index in [2.05, 4.69) is 5.32 Å². The maximum Gasteiger partial charge on any atom is 0.127 e. The third kappa shape index (κ3) is 2.73. The van der Waals surface area contributed by atoms with Gasteiger partial charge in [0.2, 0.25) is 0 Å². The fraction of sp³-hybridized carbons (Fsp3) is 0.500. The van der Waals surface area contributed by atoms with Crippen molar-refractivity contribution in [2.24, 2.45) is 0 Å². The maximum absolute atomic E-state index is 13.5. The molecule has 0 spiro atoms. The van der Waals surface area contributed by atoms with Crippen molar-refractivity contribution in [3.05, 3.63) is 35.6 Å². The van der Waals surface area contributed by atoms with Crippen molar-refractivity contribution in [2.75, 3.05) is 11.5 Å². The first-order chi connectivity index (χ1) is 7.27. The van der Waals surface area contributed by atoms with E-state index in [9.17, 15) is 4.39 Å². The minimum atomic E-state index is -0.108. The summed E-state index contributed by atoms with van der Waals surface area (Å²) in [7, 11) is 0. The van der Waals surface area contributed by atoms with Crippen molar-refractivity contribution in [3.63, 3.8) is 0 Å². The molecule has 1 aromatic rings. The number of hydrogen-bond acceptors (Lipinski definition) is 2. The van der Waals surface area contributed by atoms with Crippen molar-refractivity contribution in [2.45, 2.75) is 25.4 Å². The van der Waals surface area contributed by atoms with Gasteiger partial charge in [0.25, 0.3) is 0 Å². The summed E-state index contributed by atoms with van der Waals surface area (Å²) < 4.78 is 13.5. The van der Waals surface area contributed by atoms with Gasteiger partial charge in [0.1, 0.15) is 5.82 Å². The molecule has 0 amide bonds. The van der Waals surface area contributed by atoms with Crippen LogP contribution in [0.15, 0.2) is 24.3 Å². The van der Waals surface area contributed by atoms with Gasteiger partial charge in [-0.2, -0.15) is 11.8 Å². The summed E-state index contributed by atoms with van der Waals surface area (Å²) in [4.78, 5) is 0. The second kappa shape index (κ2) is 4.99. The van der Waals surface area contributed by atoms with Crippen LogP contribution in [0.4, 0.5) is 4.39 Å². The van der Waals surface area contributed by atoms with E-state index >= 15 is 0 Å². The van der Waals surface area contributed by atoms with E-state index in [1.165, 1.54) is 18.2 Å². The predicted molar refractivity (Wildman–Crippen MR) is 63.7 cm³/mol. The van der Waals surface area contributed by atoms with Gasteiger partial charge < -0.3 is 5.32 Å². The molecule has 0 radical (unpaired) electrons. The summed E-state index contributed by atoms with van der Waals surface area (Å²) in [5, 5.41) is 3.48. The topological polar surface area (TPSA) is 12.0 Å². The fourth-order valence-electron chi connectivity index (χ4n) is 1.94. The van der Waals surface area contributed by atoms with E-state index in [1.54, 1.807) is 6.07 Å². The van der Waals surface area contributed by atoms with Crippen LogP contribution in [0, 0.1) is 5.82 Å². The minimum Gasteiger partial charge on any atom is -0.306 e. The smallest absolute Gasteiger partial charge is 0.127 e. The maximum atomic E-state index is 13.5. The zero-order chi connectivity index (χ0) is 10.7. The van der Waals surface area contributed by atoms with Crippen molar-refractivity contribution >= 4 is 11.8 Å². The lowest BCUT2D eigenvalue weighted by Gasteiger charge is -2.19. The molecular weight excluding hydrogens is 209 g/mol. The molecule has 0 aromatic heterocycles. The quantitative estimate of drug-likeness (QED) is 0.848. The van der Waals surface area contributed by atoms with Gasteiger partial charge in [0, 0.05) is 23.4 Å². The monoisotopic (exact) mass is 225 g/mol. The van der Waals surface area contributed by atoms with Crippen LogP contribution in [0.5, 0.6) is 0 Å². The van der Waals surface area contributed by atoms with Crippen LogP contribution < -0.4 is 5.32 Å². The summed E-state index contributed by atoms with van der Waals surface area (Å²) in [5.41, 5.74) is 0.773. The van der Waals surface area contributed by atoms with E-state index in [0.717, 1.165) is 11.3 Å². The second-order valence-corrected chi connectivity index (χ2v) is 5.12. The second-order valence-electron chi connectivity index (χ2n) is 3.97. The molecule has 2 atom stereocenters. The molecule has 1 aromatic carbocycles. The number of benzene rings is 1. The van der Waals surface area contributed by atoms with Crippen LogP contribution in [0.2, 0.25) is 0 Å². The van der Waals surface area contributed by atoms with Crippen molar-refractivity contribution in [1.29, 1.82) is 0 Å². The van der Waals surface area contributed by atoms with Crippen LogP contribution >= 0.6 is 11.8 Å². The van der Waals surface area contributed by atoms with Crippen molar-refractivity contribution in [1.82, 2.24) is 5.32 Å². The van der Waals surface area contributed by atoms with Gasteiger partial charge in [-0.15, -0.1) is 0 Å². The van der Waals surface area contributed by atoms with Crippen LogP contribution in [-0.2, 0) is 0 Å². The van der Waals surface area contributed by atoms with Gasteiger partial charge in [0.15, 0.2) is 0 Å². The highest BCUT2D eigenvalue weighted by Crippen LogP contribution is 2.22. The van der Waals surface area contributed by atoms with E-state index in [4.69, 9.17) is 0 Å². The third-order valence-electron chi connectivity index (χ3n) is 2.79. The lowest BCUT2D eigenvalue weighted by Crippen LogP contribution is -2.31. The lowest BCUT2D eigenvalue weighted by molar-refractivity contribution is 0.468. The molecule has 0 aliphatic carbocycles. The highest BCUT2D eigenvalue weighted by atomic mass is 32.2. The molecule has 1 saturated heterocycles. The fourth-order valence-corrected chi connectivity index (χ4v) is 3.10. The molecule has 1 N–H and O–H groups in total. The van der Waals surface area contributed by atoms with Crippen molar-refractivity contribution < 1.29 is 4.39 Å². The molecule has 1 unspecified atom stereocenters. The molecule has 0 bridgehead atoms. The predicted octanol–water partition coefficient (Wildman–Crippen LogP) is 2.98. The number of rotatable bonds is 3. The Hall–Kier alpha value is -0.540. The number of hydrogen-bond donors (Lipinski definition) is 1. The standard InChI is InChI=1S/C12H16FNS/c1-9(14-10-6-7-15-8-10)11-4-2-3-5-12(11)13/h2-5,9-10,14H,6-8H2,1H3/t9-,10?/m1/s1. The Labute approximate surface area is 94.5 Å². The highest BCUT2D eigenvalue weighted by molar-refractivity contribution is 7.99. The largest absolute Gasteiger partial charge is 0.306 e. The van der Waals surface area contributed by atoms with Crippen LogP contribution in [0.3, 0.4) is 0 Å². The summed E-state index contributed by atoms with van der Waals surface area (Å²) in [5.74, 6) is 2.27. The van der Waals surface area contributed by atoms with Gasteiger partial charge >= 0.3 is 0 Å². The average Bonchev–Trinajstić information content (AvgIpc) is 2.71. The summed E-state index contributed by atoms with van der Waals surface area (Å²) in [6.45, 7) is 2.03. The first kappa shape index (κ1) is 11.0. The van der Waals surface area contributed by atoms with Crippen LogP contribution in [0.25, 0.3) is 0 Å². The average molecular weight is 225 g/mol. The minimum absolute atomic E-state index is 0.106. The van der Waals surface area contributed by atoms with Crippen molar-refractivity contribution in [3.8, 4) is 0 Å². The molecule has 1 fully saturated rings. The lowest BCUT2D eigenvalue weighted by atomic mass is 10.1. The molecular formula is C12H16FNS. The Kier molecular flexibility index (Phi) is 3.65. The van der Waals surface area contributed by atoms with Gasteiger partial charge in [-0.3, -0.25) is 0 Å². The first-order valence-corrected chi connectivity index (χ1v) is 6.51. The normalized spacial score (nSPS) is 22.9. The third-order valence-corrected chi connectivity index (χ3v) is 3.95. The number of halogens is 1. The first-order valence-electron chi connectivity index (χ1n) is 5.35. The van der Waals surface area contributed by atoms with E-state index < -0.39 is 0 Å². The van der Waals surface area contributed by atoms with Gasteiger partial charge in [-0.25, -0.2) is 4.39 Å². The Bertz CT molecular complexity index is 323. The number of nitrogens with one attached hydrogen (secondary N) is 1. The molecule has 1 nitrogen and oxygen atoms in total. The Morgan fingerprint density at radius 3 is 2.93 bits per heavy atom. The molecule has 0 saturated carbocycles. The zero-order valence-corrected chi connectivity index (χ0v) is 9.69. The highest BCUT2D eigenvalue weighted by Gasteiger charge is 2.19. The van der Waals surface area contributed by atoms with E-state index in [0.29, 0.717) is 6.04 Å². The van der Waals surface area contributed by atoms with Gasteiger partial charge in [-0.1, -0.05) is 18.2 Å².